The van der Waals surface area contributed by atoms with E-state index in [0.717, 1.165) is 83.3 Å². The Morgan fingerprint density at radius 1 is 0.261 bits per heavy atom. The number of fused-ring (bicyclic) bond motifs is 6. The summed E-state index contributed by atoms with van der Waals surface area (Å²) in [6.45, 7) is 0. The second-order valence-corrected chi connectivity index (χ2v) is 17.6. The molecule has 9 heteroatoms. The van der Waals surface area contributed by atoms with Crippen molar-refractivity contribution in [2.24, 2.45) is 0 Å². The predicted molar refractivity (Wildman–Crippen MR) is 300 cm³/mol. The van der Waals surface area contributed by atoms with Crippen molar-refractivity contribution in [2.75, 3.05) is 0 Å². The van der Waals surface area contributed by atoms with E-state index in [0.29, 0.717) is 43.8 Å². The molecule has 12 aromatic rings. The Hall–Kier alpha value is -7.75. The van der Waals surface area contributed by atoms with Crippen LogP contribution in [-0.4, -0.2) is 64.1 Å². The maximum Gasteiger partial charge on any atom is 0.115 e. The van der Waals surface area contributed by atoms with Gasteiger partial charge >= 0.3 is 0 Å². The van der Waals surface area contributed by atoms with Crippen LogP contribution in [0, 0.1) is 0 Å². The Labute approximate surface area is 410 Å². The van der Waals surface area contributed by atoms with Crippen LogP contribution >= 0.6 is 0 Å². The van der Waals surface area contributed by atoms with E-state index < -0.39 is 0 Å². The average Bonchev–Trinajstić information content (AvgIpc) is 3.94. The fourth-order valence-electron chi connectivity index (χ4n) is 10.3. The molecule has 0 N–H and O–H groups in total. The smallest absolute Gasteiger partial charge is 0.115 e. The lowest BCUT2D eigenvalue weighted by Crippen LogP contribution is -2.48. The van der Waals surface area contributed by atoms with Crippen molar-refractivity contribution < 1.29 is 0 Å². The van der Waals surface area contributed by atoms with Crippen molar-refractivity contribution >= 4 is 137 Å². The Morgan fingerprint density at radius 3 is 1.22 bits per heavy atom. The molecular formula is C60H33B7N2. The monoisotopic (exact) mass is 858 g/mol. The van der Waals surface area contributed by atoms with Gasteiger partial charge in [0.1, 0.15) is 54.9 Å². The summed E-state index contributed by atoms with van der Waals surface area (Å²) in [5.74, 6) is 0. The van der Waals surface area contributed by atoms with Crippen LogP contribution in [0.2, 0.25) is 0 Å². The van der Waals surface area contributed by atoms with Crippen molar-refractivity contribution in [2.45, 2.75) is 0 Å². The molecule has 0 aliphatic carbocycles. The molecule has 0 bridgehead atoms. The van der Waals surface area contributed by atoms with Gasteiger partial charge in [0.15, 0.2) is 0 Å². The van der Waals surface area contributed by atoms with Crippen molar-refractivity contribution in [3.63, 3.8) is 0 Å². The third-order valence-corrected chi connectivity index (χ3v) is 13.8. The fourth-order valence-corrected chi connectivity index (χ4v) is 10.3. The number of hydrogen-bond donors (Lipinski definition) is 0. The van der Waals surface area contributed by atoms with Crippen LogP contribution in [0.1, 0.15) is 0 Å². The summed E-state index contributed by atoms with van der Waals surface area (Å²) in [5, 5.41) is 3.23. The Morgan fingerprint density at radius 2 is 0.681 bits per heavy atom. The Kier molecular flexibility index (Phi) is 10.4. The molecule has 0 spiro atoms. The van der Waals surface area contributed by atoms with Gasteiger partial charge in [-0.15, -0.1) is 10.9 Å². The van der Waals surface area contributed by atoms with E-state index in [2.05, 4.69) is 162 Å². The molecule has 2 aromatic heterocycles. The fraction of sp³-hybridized carbons (Fsp3) is 0. The summed E-state index contributed by atoms with van der Waals surface area (Å²) in [5.41, 5.74) is 17.1. The third-order valence-electron chi connectivity index (χ3n) is 13.8. The van der Waals surface area contributed by atoms with E-state index in [1.165, 1.54) is 0 Å². The quantitative estimate of drug-likeness (QED) is 0.145. The summed E-state index contributed by atoms with van der Waals surface area (Å²) in [6.07, 6.45) is 0. The van der Waals surface area contributed by atoms with E-state index in [1.807, 2.05) is 47.0 Å². The number of nitrogens with zero attached hydrogens (tertiary/aromatic N) is 2. The summed E-state index contributed by atoms with van der Waals surface area (Å²) >= 11 is 0. The Bertz CT molecular complexity index is 3980. The van der Waals surface area contributed by atoms with Gasteiger partial charge in [-0.3, -0.25) is 0 Å². The topological polar surface area (TPSA) is 9.86 Å². The van der Waals surface area contributed by atoms with Crippen molar-refractivity contribution in [3.05, 3.63) is 200 Å². The minimum atomic E-state index is 0.171. The van der Waals surface area contributed by atoms with Gasteiger partial charge in [-0.25, -0.2) is 0 Å². The number of benzene rings is 10. The minimum absolute atomic E-state index is 0.171. The van der Waals surface area contributed by atoms with Crippen LogP contribution in [-0.2, 0) is 0 Å². The van der Waals surface area contributed by atoms with E-state index >= 15 is 0 Å². The maximum absolute atomic E-state index is 7.45. The number of hydrogen-bond acceptors (Lipinski definition) is 0. The summed E-state index contributed by atoms with van der Waals surface area (Å²) < 4.78 is 4.27. The highest BCUT2D eigenvalue weighted by Gasteiger charge is 2.25. The second-order valence-electron chi connectivity index (χ2n) is 17.6. The van der Waals surface area contributed by atoms with Gasteiger partial charge in [-0.05, 0) is 103 Å². The molecule has 0 saturated carbocycles. The molecule has 2 heterocycles. The maximum atomic E-state index is 7.45. The van der Waals surface area contributed by atoms with Crippen molar-refractivity contribution in [3.8, 4) is 67.0 Å². The zero-order valence-electron chi connectivity index (χ0n) is 37.5. The van der Waals surface area contributed by atoms with E-state index in [1.54, 1.807) is 0 Å². The molecule has 0 unspecified atom stereocenters. The molecular weight excluding hydrogens is 824 g/mol. The highest BCUT2D eigenvalue weighted by atomic mass is 15.0. The average molecular weight is 858 g/mol. The number of rotatable bonds is 7. The standard InChI is InChI=1S/C60H33B7N2/c61-52-48(41-27-32-46-45(33-41)49-44(40-15-8-3-9-16-40)17-10-18-47(49)68(46)42-28-23-38(24-29-42)35-13-6-2-7-14-35)53(62)57(66)59-50(52)51-54(63)55(64)56(65)58(67)60(51)69(59)43-30-25-39(26-31-43)37-21-19-36(20-22-37)34-11-4-1-5-12-34/h1-33H. The van der Waals surface area contributed by atoms with Gasteiger partial charge in [-0.2, -0.15) is 0 Å². The largest absolute Gasteiger partial charge is 0.311 e. The van der Waals surface area contributed by atoms with Gasteiger partial charge in [-0.1, -0.05) is 185 Å². The molecule has 2 nitrogen and oxygen atoms in total. The first kappa shape index (κ1) is 42.6. The molecule has 304 valence electrons. The zero-order valence-corrected chi connectivity index (χ0v) is 37.5. The molecule has 0 aliphatic rings. The van der Waals surface area contributed by atoms with Crippen molar-refractivity contribution in [1.82, 2.24) is 9.13 Å². The van der Waals surface area contributed by atoms with Crippen LogP contribution in [0.5, 0.6) is 0 Å². The van der Waals surface area contributed by atoms with E-state index in [9.17, 15) is 0 Å². The van der Waals surface area contributed by atoms with Gasteiger partial charge in [0, 0.05) is 38.6 Å². The predicted octanol–water partition coefficient (Wildman–Crippen LogP) is 7.77. The van der Waals surface area contributed by atoms with Gasteiger partial charge in [0.2, 0.25) is 0 Å². The molecule has 0 amide bonds. The van der Waals surface area contributed by atoms with Crippen LogP contribution in [0.4, 0.5) is 0 Å². The van der Waals surface area contributed by atoms with E-state index in [-0.39, 0.29) is 21.9 Å². The lowest BCUT2D eigenvalue weighted by molar-refractivity contribution is 1.18. The van der Waals surface area contributed by atoms with Gasteiger partial charge in [0.25, 0.3) is 0 Å². The lowest BCUT2D eigenvalue weighted by atomic mass is 9.64. The van der Waals surface area contributed by atoms with Crippen LogP contribution < -0.4 is 38.2 Å². The lowest BCUT2D eigenvalue weighted by Gasteiger charge is -2.19. The van der Waals surface area contributed by atoms with E-state index in [4.69, 9.17) is 54.9 Å². The highest BCUT2D eigenvalue weighted by Crippen LogP contribution is 2.41. The SMILES string of the molecule is [B]c1c([B])c([B])c2c(c1[B])c1c([B])c(-c3ccc4c(c3)c3c(-c5ccccc5)cccc3n4-c3ccc(-c4ccccc4)cc3)c([B])c([B])c1n2-c1ccc(-c2ccc(-c3ccccc3)cc2)cc1. The van der Waals surface area contributed by atoms with Gasteiger partial charge in [0.05, 0.1) is 11.0 Å². The molecule has 0 atom stereocenters. The highest BCUT2D eigenvalue weighted by molar-refractivity contribution is 6.69. The molecule has 0 saturated heterocycles. The normalized spacial score (nSPS) is 11.6. The van der Waals surface area contributed by atoms with Crippen LogP contribution in [0.3, 0.4) is 0 Å². The minimum Gasteiger partial charge on any atom is -0.311 e. The Balaban J connectivity index is 1.06. The molecule has 12 rings (SSSR count). The zero-order chi connectivity index (χ0) is 47.1. The molecule has 10 aromatic carbocycles. The van der Waals surface area contributed by atoms with Crippen LogP contribution in [0.25, 0.3) is 111 Å². The third kappa shape index (κ3) is 6.81. The van der Waals surface area contributed by atoms with Gasteiger partial charge < -0.3 is 9.13 Å². The van der Waals surface area contributed by atoms with Crippen molar-refractivity contribution in [1.29, 1.82) is 0 Å². The molecule has 0 fully saturated rings. The number of aromatic nitrogens is 2. The molecule has 0 aliphatic heterocycles. The van der Waals surface area contributed by atoms with Crippen LogP contribution in [0.15, 0.2) is 200 Å². The second kappa shape index (κ2) is 16.8. The molecule has 69 heavy (non-hydrogen) atoms. The first-order valence-corrected chi connectivity index (χ1v) is 22.8. The summed E-state index contributed by atoms with van der Waals surface area (Å²) in [7, 11) is 49.1. The molecule has 14 radical (unpaired) electrons. The summed E-state index contributed by atoms with van der Waals surface area (Å²) in [4.78, 5) is 0. The first-order chi connectivity index (χ1) is 33.7. The first-order valence-electron chi connectivity index (χ1n) is 22.8. The summed E-state index contributed by atoms with van der Waals surface area (Å²) in [6, 6.07) is 69.4.